The molecule has 2 aromatic carbocycles. The Hall–Kier alpha value is -2.36. The van der Waals surface area contributed by atoms with Crippen molar-refractivity contribution in [1.29, 1.82) is 0 Å². The van der Waals surface area contributed by atoms with E-state index in [1.54, 1.807) is 0 Å². The Morgan fingerprint density at radius 3 is 2.14 bits per heavy atom. The highest BCUT2D eigenvalue weighted by molar-refractivity contribution is 5.63. The van der Waals surface area contributed by atoms with Crippen LogP contribution in [-0.4, -0.2) is 10.2 Å². The Labute approximate surface area is 123 Å². The third-order valence-corrected chi connectivity index (χ3v) is 3.53. The Bertz CT molecular complexity index is 702. The SMILES string of the molecule is OCc1c(C(O)c2ccccc2)coc1-c1ccccc1. The third-order valence-electron chi connectivity index (χ3n) is 3.53. The van der Waals surface area contributed by atoms with E-state index in [-0.39, 0.29) is 6.61 Å². The van der Waals surface area contributed by atoms with Crippen molar-refractivity contribution in [3.63, 3.8) is 0 Å². The van der Waals surface area contributed by atoms with E-state index in [0.29, 0.717) is 16.9 Å². The van der Waals surface area contributed by atoms with Crippen molar-refractivity contribution in [2.45, 2.75) is 12.7 Å². The molecule has 1 aromatic heterocycles. The lowest BCUT2D eigenvalue weighted by Gasteiger charge is -2.11. The van der Waals surface area contributed by atoms with Crippen LogP contribution in [0.3, 0.4) is 0 Å². The van der Waals surface area contributed by atoms with Gasteiger partial charge in [0, 0.05) is 16.7 Å². The van der Waals surface area contributed by atoms with Crippen LogP contribution in [0.4, 0.5) is 0 Å². The smallest absolute Gasteiger partial charge is 0.139 e. The summed E-state index contributed by atoms with van der Waals surface area (Å²) in [5.41, 5.74) is 2.88. The van der Waals surface area contributed by atoms with Crippen molar-refractivity contribution in [2.75, 3.05) is 0 Å². The quantitative estimate of drug-likeness (QED) is 0.768. The van der Waals surface area contributed by atoms with Crippen LogP contribution < -0.4 is 0 Å². The number of aliphatic hydroxyl groups excluding tert-OH is 2. The molecular weight excluding hydrogens is 264 g/mol. The molecule has 21 heavy (non-hydrogen) atoms. The lowest BCUT2D eigenvalue weighted by atomic mass is 9.98. The number of hydrogen-bond acceptors (Lipinski definition) is 3. The molecule has 3 rings (SSSR count). The van der Waals surface area contributed by atoms with Crippen molar-refractivity contribution in [1.82, 2.24) is 0 Å². The van der Waals surface area contributed by atoms with Gasteiger partial charge in [-0.1, -0.05) is 60.7 Å². The van der Waals surface area contributed by atoms with E-state index in [0.717, 1.165) is 11.1 Å². The lowest BCUT2D eigenvalue weighted by molar-refractivity contribution is 0.213. The highest BCUT2D eigenvalue weighted by atomic mass is 16.3. The van der Waals surface area contributed by atoms with Crippen LogP contribution in [0, 0.1) is 0 Å². The summed E-state index contributed by atoms with van der Waals surface area (Å²) in [5.74, 6) is 0.600. The molecule has 0 spiro atoms. The van der Waals surface area contributed by atoms with Crippen molar-refractivity contribution in [3.05, 3.63) is 83.6 Å². The summed E-state index contributed by atoms with van der Waals surface area (Å²) in [6.45, 7) is -0.181. The fraction of sp³-hybridized carbons (Fsp3) is 0.111. The summed E-state index contributed by atoms with van der Waals surface area (Å²) >= 11 is 0. The summed E-state index contributed by atoms with van der Waals surface area (Å²) in [7, 11) is 0. The van der Waals surface area contributed by atoms with Crippen LogP contribution in [0.1, 0.15) is 22.8 Å². The number of aliphatic hydroxyl groups is 2. The molecule has 0 saturated carbocycles. The van der Waals surface area contributed by atoms with Crippen LogP contribution in [0.2, 0.25) is 0 Å². The minimum atomic E-state index is -0.811. The highest BCUT2D eigenvalue weighted by Crippen LogP contribution is 2.34. The summed E-state index contributed by atoms with van der Waals surface area (Å²) in [6.07, 6.45) is 0.709. The van der Waals surface area contributed by atoms with Gasteiger partial charge >= 0.3 is 0 Å². The molecule has 3 aromatic rings. The van der Waals surface area contributed by atoms with Gasteiger partial charge in [-0.25, -0.2) is 0 Å². The van der Waals surface area contributed by atoms with Gasteiger partial charge in [0.1, 0.15) is 11.9 Å². The molecule has 1 heterocycles. The van der Waals surface area contributed by atoms with Gasteiger partial charge < -0.3 is 14.6 Å². The molecule has 3 nitrogen and oxygen atoms in total. The first-order valence-corrected chi connectivity index (χ1v) is 6.81. The molecule has 0 aliphatic rings. The molecule has 1 unspecified atom stereocenters. The van der Waals surface area contributed by atoms with Crippen LogP contribution in [0.25, 0.3) is 11.3 Å². The Balaban J connectivity index is 2.03. The van der Waals surface area contributed by atoms with Gasteiger partial charge in [0.15, 0.2) is 0 Å². The van der Waals surface area contributed by atoms with Crippen LogP contribution >= 0.6 is 0 Å². The standard InChI is InChI=1S/C18H16O3/c19-11-15-16(17(20)13-7-3-1-4-8-13)12-21-18(15)14-9-5-2-6-10-14/h1-10,12,17,19-20H,11H2. The lowest BCUT2D eigenvalue weighted by Crippen LogP contribution is -2.02. The highest BCUT2D eigenvalue weighted by Gasteiger charge is 2.21. The third kappa shape index (κ3) is 2.61. The zero-order valence-electron chi connectivity index (χ0n) is 11.4. The molecule has 0 bridgehead atoms. The van der Waals surface area contributed by atoms with Gasteiger partial charge in [-0.3, -0.25) is 0 Å². The average molecular weight is 280 g/mol. The van der Waals surface area contributed by atoms with Gasteiger partial charge in [-0.2, -0.15) is 0 Å². The van der Waals surface area contributed by atoms with E-state index in [4.69, 9.17) is 4.42 Å². The molecule has 0 radical (unpaired) electrons. The summed E-state index contributed by atoms with van der Waals surface area (Å²) < 4.78 is 5.60. The van der Waals surface area contributed by atoms with E-state index < -0.39 is 6.10 Å². The maximum Gasteiger partial charge on any atom is 0.139 e. The van der Waals surface area contributed by atoms with E-state index in [9.17, 15) is 10.2 Å². The zero-order chi connectivity index (χ0) is 14.7. The van der Waals surface area contributed by atoms with Crippen molar-refractivity contribution in [3.8, 4) is 11.3 Å². The summed E-state index contributed by atoms with van der Waals surface area (Å²) in [6, 6.07) is 18.9. The summed E-state index contributed by atoms with van der Waals surface area (Å²) in [5, 5.41) is 20.2. The second-order valence-corrected chi connectivity index (χ2v) is 4.84. The second kappa shape index (κ2) is 5.95. The van der Waals surface area contributed by atoms with Crippen molar-refractivity contribution < 1.29 is 14.6 Å². The molecule has 0 amide bonds. The Morgan fingerprint density at radius 1 is 0.905 bits per heavy atom. The predicted molar refractivity (Wildman–Crippen MR) is 80.6 cm³/mol. The van der Waals surface area contributed by atoms with Gasteiger partial charge in [-0.05, 0) is 5.56 Å². The topological polar surface area (TPSA) is 53.6 Å². The zero-order valence-corrected chi connectivity index (χ0v) is 11.4. The minimum Gasteiger partial charge on any atom is -0.464 e. The Kier molecular flexibility index (Phi) is 3.86. The number of rotatable bonds is 4. The monoisotopic (exact) mass is 280 g/mol. The second-order valence-electron chi connectivity index (χ2n) is 4.84. The van der Waals surface area contributed by atoms with E-state index in [2.05, 4.69) is 0 Å². The molecule has 3 heteroatoms. The van der Waals surface area contributed by atoms with Crippen molar-refractivity contribution in [2.24, 2.45) is 0 Å². The molecule has 106 valence electrons. The van der Waals surface area contributed by atoms with Gasteiger partial charge in [0.25, 0.3) is 0 Å². The van der Waals surface area contributed by atoms with Crippen molar-refractivity contribution >= 4 is 0 Å². The fourth-order valence-electron chi connectivity index (χ4n) is 2.44. The molecule has 0 aliphatic carbocycles. The first-order chi connectivity index (χ1) is 10.3. The largest absolute Gasteiger partial charge is 0.464 e. The molecule has 0 saturated heterocycles. The number of hydrogen-bond donors (Lipinski definition) is 2. The maximum atomic E-state index is 10.5. The van der Waals surface area contributed by atoms with E-state index in [1.165, 1.54) is 6.26 Å². The maximum absolute atomic E-state index is 10.5. The van der Waals surface area contributed by atoms with Gasteiger partial charge in [-0.15, -0.1) is 0 Å². The van der Waals surface area contributed by atoms with Crippen LogP contribution in [0.5, 0.6) is 0 Å². The molecule has 0 aliphatic heterocycles. The fourth-order valence-corrected chi connectivity index (χ4v) is 2.44. The average Bonchev–Trinajstić information content (AvgIpc) is 2.99. The Morgan fingerprint density at radius 2 is 1.52 bits per heavy atom. The first-order valence-electron chi connectivity index (χ1n) is 6.81. The number of benzene rings is 2. The molecule has 2 N–H and O–H groups in total. The van der Waals surface area contributed by atoms with Gasteiger partial charge in [0.2, 0.25) is 0 Å². The molecular formula is C18H16O3. The van der Waals surface area contributed by atoms with E-state index in [1.807, 2.05) is 60.7 Å². The molecule has 1 atom stereocenters. The predicted octanol–water partition coefficient (Wildman–Crippen LogP) is 3.52. The molecule has 0 fully saturated rings. The minimum absolute atomic E-state index is 0.181. The summed E-state index contributed by atoms with van der Waals surface area (Å²) in [4.78, 5) is 0. The van der Waals surface area contributed by atoms with E-state index >= 15 is 0 Å². The number of furan rings is 1. The van der Waals surface area contributed by atoms with Crippen LogP contribution in [0.15, 0.2) is 71.3 Å². The normalized spacial score (nSPS) is 12.3. The first kappa shape index (κ1) is 13.6. The van der Waals surface area contributed by atoms with Gasteiger partial charge in [0.05, 0.1) is 12.9 Å². The van der Waals surface area contributed by atoms with Crippen LogP contribution in [-0.2, 0) is 6.61 Å².